The molecule has 2 heterocycles. The van der Waals surface area contributed by atoms with Crippen LogP contribution in [0.15, 0.2) is 24.3 Å². The third-order valence-electron chi connectivity index (χ3n) is 5.78. The molecule has 3 N–H and O–H groups in total. The van der Waals surface area contributed by atoms with Gasteiger partial charge < -0.3 is 20.7 Å². The minimum Gasteiger partial charge on any atom is -0.497 e. The molecule has 0 aromatic heterocycles. The minimum atomic E-state index is -0.211. The number of carbonyl (C=O) groups is 2. The zero-order valence-electron chi connectivity index (χ0n) is 16.9. The standard InChI is InChI=1S/C21H32N4O3/c1-15(20(26)24-17-7-9-18(28-2)10-8-17)25-12-4-5-16(14-25)13-23-21(27)19-6-3-11-22-19/h7-10,15-16,19,22H,3-6,11-14H2,1-2H3,(H,23,27)(H,24,26). The predicted octanol–water partition coefficient (Wildman–Crippen LogP) is 1.60. The number of amides is 2. The number of hydrogen-bond donors (Lipinski definition) is 3. The largest absolute Gasteiger partial charge is 0.497 e. The molecule has 3 unspecified atom stereocenters. The van der Waals surface area contributed by atoms with Gasteiger partial charge in [0.2, 0.25) is 11.8 Å². The van der Waals surface area contributed by atoms with Crippen LogP contribution >= 0.6 is 0 Å². The quantitative estimate of drug-likeness (QED) is 0.661. The van der Waals surface area contributed by atoms with Crippen molar-refractivity contribution in [2.45, 2.75) is 44.7 Å². The number of piperidine rings is 1. The third kappa shape index (κ3) is 5.45. The van der Waals surface area contributed by atoms with Crippen molar-refractivity contribution in [3.8, 4) is 5.75 Å². The van der Waals surface area contributed by atoms with Gasteiger partial charge in [0, 0.05) is 18.8 Å². The van der Waals surface area contributed by atoms with Crippen LogP contribution in [0.1, 0.15) is 32.6 Å². The van der Waals surface area contributed by atoms with E-state index in [2.05, 4.69) is 20.9 Å². The van der Waals surface area contributed by atoms with Crippen LogP contribution in [0.2, 0.25) is 0 Å². The lowest BCUT2D eigenvalue weighted by molar-refractivity contribution is -0.124. The molecule has 2 aliphatic heterocycles. The first-order valence-electron chi connectivity index (χ1n) is 10.3. The molecule has 0 saturated carbocycles. The van der Waals surface area contributed by atoms with E-state index in [1.165, 1.54) is 0 Å². The lowest BCUT2D eigenvalue weighted by Gasteiger charge is -2.36. The summed E-state index contributed by atoms with van der Waals surface area (Å²) < 4.78 is 5.15. The Bertz CT molecular complexity index is 658. The van der Waals surface area contributed by atoms with Gasteiger partial charge in [-0.15, -0.1) is 0 Å². The third-order valence-corrected chi connectivity index (χ3v) is 5.78. The average molecular weight is 389 g/mol. The van der Waals surface area contributed by atoms with Crippen LogP contribution in [0.5, 0.6) is 5.75 Å². The van der Waals surface area contributed by atoms with Crippen molar-refractivity contribution < 1.29 is 14.3 Å². The van der Waals surface area contributed by atoms with Crippen LogP contribution in [0.3, 0.4) is 0 Å². The number of nitrogens with zero attached hydrogens (tertiary/aromatic N) is 1. The van der Waals surface area contributed by atoms with Crippen molar-refractivity contribution in [1.29, 1.82) is 0 Å². The first-order chi connectivity index (χ1) is 13.6. The molecule has 28 heavy (non-hydrogen) atoms. The molecule has 0 radical (unpaired) electrons. The first-order valence-corrected chi connectivity index (χ1v) is 10.3. The van der Waals surface area contributed by atoms with Crippen LogP contribution in [-0.4, -0.2) is 62.1 Å². The molecule has 7 nitrogen and oxygen atoms in total. The Kier molecular flexibility index (Phi) is 7.28. The van der Waals surface area contributed by atoms with E-state index in [9.17, 15) is 9.59 Å². The highest BCUT2D eigenvalue weighted by Crippen LogP contribution is 2.20. The van der Waals surface area contributed by atoms with E-state index in [1.54, 1.807) is 7.11 Å². The number of likely N-dealkylation sites (tertiary alicyclic amines) is 1. The fourth-order valence-corrected chi connectivity index (χ4v) is 3.98. The summed E-state index contributed by atoms with van der Waals surface area (Å²) in [5.41, 5.74) is 0.766. The van der Waals surface area contributed by atoms with Gasteiger partial charge in [-0.25, -0.2) is 0 Å². The molecule has 0 spiro atoms. The summed E-state index contributed by atoms with van der Waals surface area (Å²) in [5.74, 6) is 1.25. The van der Waals surface area contributed by atoms with Gasteiger partial charge >= 0.3 is 0 Å². The number of hydrogen-bond acceptors (Lipinski definition) is 5. The Balaban J connectivity index is 1.46. The van der Waals surface area contributed by atoms with Gasteiger partial charge in [-0.2, -0.15) is 0 Å². The van der Waals surface area contributed by atoms with Gasteiger partial charge in [0.15, 0.2) is 0 Å². The van der Waals surface area contributed by atoms with Gasteiger partial charge in [-0.05, 0) is 75.9 Å². The summed E-state index contributed by atoms with van der Waals surface area (Å²) >= 11 is 0. The van der Waals surface area contributed by atoms with E-state index in [4.69, 9.17) is 4.74 Å². The SMILES string of the molecule is COc1ccc(NC(=O)C(C)N2CCCC(CNC(=O)C3CCCN3)C2)cc1. The molecule has 0 aliphatic carbocycles. The van der Waals surface area contributed by atoms with E-state index in [-0.39, 0.29) is 23.9 Å². The maximum atomic E-state index is 12.7. The molecule has 2 saturated heterocycles. The first kappa shape index (κ1) is 20.6. The van der Waals surface area contributed by atoms with Crippen LogP contribution in [0, 0.1) is 5.92 Å². The second-order valence-corrected chi connectivity index (χ2v) is 7.79. The fourth-order valence-electron chi connectivity index (χ4n) is 3.98. The fraction of sp³-hybridized carbons (Fsp3) is 0.619. The lowest BCUT2D eigenvalue weighted by atomic mass is 9.96. The molecular formula is C21H32N4O3. The van der Waals surface area contributed by atoms with E-state index in [1.807, 2.05) is 31.2 Å². The smallest absolute Gasteiger partial charge is 0.241 e. The van der Waals surface area contributed by atoms with Gasteiger partial charge in [0.1, 0.15) is 5.75 Å². The Morgan fingerprint density at radius 2 is 2.04 bits per heavy atom. The molecule has 3 atom stereocenters. The summed E-state index contributed by atoms with van der Waals surface area (Å²) in [7, 11) is 1.62. The van der Waals surface area contributed by atoms with E-state index < -0.39 is 0 Å². The Hall–Kier alpha value is -2.12. The maximum Gasteiger partial charge on any atom is 0.241 e. The van der Waals surface area contributed by atoms with Crippen LogP contribution in [0.25, 0.3) is 0 Å². The number of carbonyl (C=O) groups excluding carboxylic acids is 2. The zero-order valence-corrected chi connectivity index (χ0v) is 16.9. The monoisotopic (exact) mass is 388 g/mol. The van der Waals surface area contributed by atoms with Gasteiger partial charge in [-0.3, -0.25) is 14.5 Å². The van der Waals surface area contributed by atoms with Crippen molar-refractivity contribution in [3.05, 3.63) is 24.3 Å². The number of benzene rings is 1. The number of rotatable bonds is 7. The molecule has 7 heteroatoms. The molecule has 2 aliphatic rings. The number of ether oxygens (including phenoxy) is 1. The predicted molar refractivity (Wildman–Crippen MR) is 109 cm³/mol. The summed E-state index contributed by atoms with van der Waals surface area (Å²) in [4.78, 5) is 27.1. The normalized spacial score (nSPS) is 23.8. The highest BCUT2D eigenvalue weighted by Gasteiger charge is 2.28. The van der Waals surface area contributed by atoms with E-state index in [0.717, 1.165) is 56.8 Å². The molecule has 0 bridgehead atoms. The second kappa shape index (κ2) is 9.89. The minimum absolute atomic E-state index is 0.00925. The number of anilines is 1. The van der Waals surface area contributed by atoms with Gasteiger partial charge in [-0.1, -0.05) is 0 Å². The Morgan fingerprint density at radius 3 is 2.71 bits per heavy atom. The average Bonchev–Trinajstić information content (AvgIpc) is 3.27. The molecule has 3 rings (SSSR count). The van der Waals surface area contributed by atoms with Gasteiger partial charge in [0.05, 0.1) is 19.2 Å². The topological polar surface area (TPSA) is 82.7 Å². The van der Waals surface area contributed by atoms with Crippen LogP contribution < -0.4 is 20.7 Å². The van der Waals surface area contributed by atoms with Crippen molar-refractivity contribution in [2.24, 2.45) is 5.92 Å². The number of methoxy groups -OCH3 is 1. The van der Waals surface area contributed by atoms with Gasteiger partial charge in [0.25, 0.3) is 0 Å². The summed E-state index contributed by atoms with van der Waals surface area (Å²) in [5, 5.41) is 9.30. The Labute approximate surface area is 167 Å². The summed E-state index contributed by atoms with van der Waals surface area (Å²) in [6.45, 7) is 5.29. The highest BCUT2D eigenvalue weighted by molar-refractivity contribution is 5.94. The van der Waals surface area contributed by atoms with E-state index in [0.29, 0.717) is 12.5 Å². The second-order valence-electron chi connectivity index (χ2n) is 7.79. The van der Waals surface area contributed by atoms with E-state index >= 15 is 0 Å². The molecule has 2 amide bonds. The molecule has 154 valence electrons. The molecule has 2 fully saturated rings. The molecule has 1 aromatic carbocycles. The Morgan fingerprint density at radius 1 is 1.25 bits per heavy atom. The van der Waals surface area contributed by atoms with Crippen molar-refractivity contribution in [3.63, 3.8) is 0 Å². The maximum absolute atomic E-state index is 12.7. The van der Waals surface area contributed by atoms with Crippen molar-refractivity contribution in [1.82, 2.24) is 15.5 Å². The number of nitrogens with one attached hydrogen (secondary N) is 3. The highest BCUT2D eigenvalue weighted by atomic mass is 16.5. The van der Waals surface area contributed by atoms with Crippen molar-refractivity contribution >= 4 is 17.5 Å². The molecular weight excluding hydrogens is 356 g/mol. The molecule has 1 aromatic rings. The zero-order chi connectivity index (χ0) is 19.9. The summed E-state index contributed by atoms with van der Waals surface area (Å²) in [6, 6.07) is 7.11. The van der Waals surface area contributed by atoms with Crippen LogP contribution in [-0.2, 0) is 9.59 Å². The van der Waals surface area contributed by atoms with Crippen LogP contribution in [0.4, 0.5) is 5.69 Å². The summed E-state index contributed by atoms with van der Waals surface area (Å²) in [6.07, 6.45) is 4.12. The lowest BCUT2D eigenvalue weighted by Crippen LogP contribution is -2.50. The van der Waals surface area contributed by atoms with Crippen molar-refractivity contribution in [2.75, 3.05) is 38.6 Å².